The Balaban J connectivity index is 1.67. The Morgan fingerprint density at radius 2 is 1.97 bits per heavy atom. The van der Waals surface area contributed by atoms with Crippen molar-refractivity contribution >= 4 is 22.8 Å². The van der Waals surface area contributed by atoms with Crippen molar-refractivity contribution in [1.29, 1.82) is 0 Å². The summed E-state index contributed by atoms with van der Waals surface area (Å²) in [5.74, 6) is 0.528. The Morgan fingerprint density at radius 3 is 2.70 bits per heavy atom. The van der Waals surface area contributed by atoms with Crippen LogP contribution in [0.1, 0.15) is 31.7 Å². The number of benzene rings is 1. The first-order valence-electron chi connectivity index (χ1n) is 9.97. The highest BCUT2D eigenvalue weighted by Gasteiger charge is 2.14. The average Bonchev–Trinajstić information content (AvgIpc) is 3.15. The van der Waals surface area contributed by atoms with Crippen LogP contribution in [0.25, 0.3) is 11.2 Å². The summed E-state index contributed by atoms with van der Waals surface area (Å²) < 4.78 is 9.82. The number of anilines is 1. The highest BCUT2D eigenvalue weighted by Crippen LogP contribution is 2.26. The molecular weight excluding hydrogens is 386 g/mol. The summed E-state index contributed by atoms with van der Waals surface area (Å²) in [6, 6.07) is 5.67. The summed E-state index contributed by atoms with van der Waals surface area (Å²) in [6.45, 7) is 5.01. The van der Waals surface area contributed by atoms with Gasteiger partial charge in [-0.2, -0.15) is 0 Å². The van der Waals surface area contributed by atoms with Crippen molar-refractivity contribution in [2.75, 3.05) is 11.9 Å². The molecule has 0 fully saturated rings. The Morgan fingerprint density at radius 1 is 1.20 bits per heavy atom. The topological polar surface area (TPSA) is 100 Å². The molecule has 0 radical (unpaired) electrons. The van der Waals surface area contributed by atoms with Gasteiger partial charge in [0.15, 0.2) is 11.2 Å². The number of imidazole rings is 1. The van der Waals surface area contributed by atoms with Crippen LogP contribution in [-0.2, 0) is 25.4 Å². The molecule has 30 heavy (non-hydrogen) atoms. The molecule has 9 heteroatoms. The fraction of sp³-hybridized carbons (Fsp3) is 0.429. The number of hydrogen-bond acceptors (Lipinski definition) is 5. The SMILES string of the molecule is CCCOc1cc(C)ccc1NC(=O)CCCn1cnc2c1c(=O)n(C)c(=O)n2C. The van der Waals surface area contributed by atoms with Crippen LogP contribution in [0.15, 0.2) is 34.1 Å². The minimum absolute atomic E-state index is 0.134. The van der Waals surface area contributed by atoms with Gasteiger partial charge in [0.1, 0.15) is 5.75 Å². The number of aryl methyl sites for hydroxylation is 3. The molecule has 0 saturated carbocycles. The van der Waals surface area contributed by atoms with Gasteiger partial charge in [0.05, 0.1) is 18.6 Å². The monoisotopic (exact) mass is 413 g/mol. The van der Waals surface area contributed by atoms with E-state index in [-0.39, 0.29) is 12.3 Å². The molecule has 9 nitrogen and oxygen atoms in total. The number of ether oxygens (including phenoxy) is 1. The van der Waals surface area contributed by atoms with E-state index in [4.69, 9.17) is 4.74 Å². The first-order chi connectivity index (χ1) is 14.3. The van der Waals surface area contributed by atoms with Gasteiger partial charge in [-0.15, -0.1) is 0 Å². The van der Waals surface area contributed by atoms with Gasteiger partial charge < -0.3 is 14.6 Å². The lowest BCUT2D eigenvalue weighted by Gasteiger charge is -2.13. The fourth-order valence-corrected chi connectivity index (χ4v) is 3.25. The number of carbonyl (C=O) groups is 1. The summed E-state index contributed by atoms with van der Waals surface area (Å²) in [7, 11) is 3.02. The van der Waals surface area contributed by atoms with Crippen molar-refractivity contribution in [3.8, 4) is 5.75 Å². The Bertz CT molecular complexity index is 1190. The summed E-state index contributed by atoms with van der Waals surface area (Å²) in [5, 5.41) is 2.90. The van der Waals surface area contributed by atoms with Crippen LogP contribution in [0, 0.1) is 6.92 Å². The smallest absolute Gasteiger partial charge is 0.332 e. The number of nitrogens with zero attached hydrogens (tertiary/aromatic N) is 4. The second-order valence-electron chi connectivity index (χ2n) is 7.32. The van der Waals surface area contributed by atoms with E-state index in [0.717, 1.165) is 16.6 Å². The van der Waals surface area contributed by atoms with Gasteiger partial charge >= 0.3 is 5.69 Å². The van der Waals surface area contributed by atoms with E-state index < -0.39 is 11.2 Å². The quantitative estimate of drug-likeness (QED) is 0.608. The van der Waals surface area contributed by atoms with Gasteiger partial charge in [-0.3, -0.25) is 18.7 Å². The van der Waals surface area contributed by atoms with Crippen molar-refractivity contribution < 1.29 is 9.53 Å². The molecular formula is C21H27N5O4. The van der Waals surface area contributed by atoms with Crippen LogP contribution in [0.2, 0.25) is 0 Å². The van der Waals surface area contributed by atoms with Crippen molar-refractivity contribution in [3.05, 3.63) is 50.9 Å². The third-order valence-electron chi connectivity index (χ3n) is 4.89. The second kappa shape index (κ2) is 8.98. The minimum Gasteiger partial charge on any atom is -0.491 e. The van der Waals surface area contributed by atoms with Gasteiger partial charge in [0.2, 0.25) is 5.91 Å². The summed E-state index contributed by atoms with van der Waals surface area (Å²) >= 11 is 0. The van der Waals surface area contributed by atoms with Gasteiger partial charge in [-0.1, -0.05) is 13.0 Å². The third-order valence-corrected chi connectivity index (χ3v) is 4.89. The van der Waals surface area contributed by atoms with E-state index in [1.165, 1.54) is 17.9 Å². The largest absolute Gasteiger partial charge is 0.491 e. The minimum atomic E-state index is -0.420. The molecule has 0 aliphatic heterocycles. The van der Waals surface area contributed by atoms with E-state index in [1.807, 2.05) is 32.0 Å². The van der Waals surface area contributed by atoms with E-state index >= 15 is 0 Å². The number of carbonyl (C=O) groups excluding carboxylic acids is 1. The maximum absolute atomic E-state index is 12.5. The molecule has 1 aromatic carbocycles. The molecule has 0 spiro atoms. The number of hydrogen-bond donors (Lipinski definition) is 1. The maximum Gasteiger partial charge on any atom is 0.332 e. The highest BCUT2D eigenvalue weighted by atomic mass is 16.5. The summed E-state index contributed by atoms with van der Waals surface area (Å²) in [5.41, 5.74) is 1.58. The number of fused-ring (bicyclic) bond motifs is 1. The van der Waals surface area contributed by atoms with Gasteiger partial charge in [0, 0.05) is 27.1 Å². The van der Waals surface area contributed by atoms with Crippen LogP contribution < -0.4 is 21.3 Å². The number of nitrogens with one attached hydrogen (secondary N) is 1. The first-order valence-corrected chi connectivity index (χ1v) is 9.97. The molecule has 0 bridgehead atoms. The van der Waals surface area contributed by atoms with Crippen molar-refractivity contribution in [3.63, 3.8) is 0 Å². The second-order valence-corrected chi connectivity index (χ2v) is 7.32. The molecule has 3 aromatic rings. The molecule has 2 heterocycles. The lowest BCUT2D eigenvalue weighted by atomic mass is 10.2. The molecule has 2 aromatic heterocycles. The van der Waals surface area contributed by atoms with Crippen molar-refractivity contribution in [2.24, 2.45) is 14.1 Å². The van der Waals surface area contributed by atoms with Crippen LogP contribution in [0.3, 0.4) is 0 Å². The molecule has 0 saturated heterocycles. The summed E-state index contributed by atoms with van der Waals surface area (Å²) in [4.78, 5) is 41.1. The molecule has 0 atom stereocenters. The van der Waals surface area contributed by atoms with E-state index in [0.29, 0.717) is 42.2 Å². The summed E-state index contributed by atoms with van der Waals surface area (Å²) in [6.07, 6.45) is 3.19. The van der Waals surface area contributed by atoms with Crippen molar-refractivity contribution in [1.82, 2.24) is 18.7 Å². The lowest BCUT2D eigenvalue weighted by molar-refractivity contribution is -0.116. The highest BCUT2D eigenvalue weighted by molar-refractivity contribution is 5.92. The Hall–Kier alpha value is -3.36. The number of rotatable bonds is 8. The van der Waals surface area contributed by atoms with E-state index in [2.05, 4.69) is 10.3 Å². The number of aromatic nitrogens is 4. The average molecular weight is 413 g/mol. The van der Waals surface area contributed by atoms with E-state index in [1.54, 1.807) is 11.6 Å². The van der Waals surface area contributed by atoms with Crippen LogP contribution in [-0.4, -0.2) is 31.2 Å². The maximum atomic E-state index is 12.5. The predicted molar refractivity (Wildman–Crippen MR) is 115 cm³/mol. The zero-order valence-electron chi connectivity index (χ0n) is 17.8. The normalized spacial score (nSPS) is 11.1. The molecule has 160 valence electrons. The molecule has 0 aliphatic carbocycles. The van der Waals surface area contributed by atoms with Gasteiger partial charge in [-0.25, -0.2) is 9.78 Å². The third kappa shape index (κ3) is 4.29. The zero-order valence-corrected chi connectivity index (χ0v) is 17.8. The van der Waals surface area contributed by atoms with Crippen LogP contribution >= 0.6 is 0 Å². The molecule has 1 amide bonds. The lowest BCUT2D eigenvalue weighted by Crippen LogP contribution is -2.37. The standard InChI is InChI=1S/C21H27N5O4/c1-5-11-30-16-12-14(2)8-9-15(16)23-17(27)7-6-10-26-13-22-19-18(26)20(28)25(4)21(29)24(19)3/h8-9,12-13H,5-7,10-11H2,1-4H3,(H,23,27). The van der Waals surface area contributed by atoms with Crippen LogP contribution in [0.5, 0.6) is 5.75 Å². The molecule has 0 unspecified atom stereocenters. The fourth-order valence-electron chi connectivity index (χ4n) is 3.25. The Kier molecular flexibility index (Phi) is 6.39. The molecule has 3 rings (SSSR count). The predicted octanol–water partition coefficient (Wildman–Crippen LogP) is 1.95. The van der Waals surface area contributed by atoms with Gasteiger partial charge in [0.25, 0.3) is 5.56 Å². The van der Waals surface area contributed by atoms with Gasteiger partial charge in [-0.05, 0) is 37.5 Å². The number of amides is 1. The van der Waals surface area contributed by atoms with Crippen molar-refractivity contribution in [2.45, 2.75) is 39.7 Å². The Labute approximate surface area is 173 Å². The zero-order chi connectivity index (χ0) is 21.8. The molecule has 0 aliphatic rings. The van der Waals surface area contributed by atoms with Crippen LogP contribution in [0.4, 0.5) is 5.69 Å². The molecule has 1 N–H and O–H groups in total. The first kappa shape index (κ1) is 21.4. The van der Waals surface area contributed by atoms with E-state index in [9.17, 15) is 14.4 Å².